The first-order chi connectivity index (χ1) is 3.12. The highest BCUT2D eigenvalue weighted by Gasteiger charge is 2.12. The van der Waals surface area contributed by atoms with Crippen LogP contribution in [0.15, 0.2) is 0 Å². The van der Waals surface area contributed by atoms with Crippen LogP contribution in [0.3, 0.4) is 0 Å². The Kier molecular flexibility index (Phi) is 3.39. The van der Waals surface area contributed by atoms with Gasteiger partial charge < -0.3 is 8.43 Å². The van der Waals surface area contributed by atoms with Crippen LogP contribution in [0.4, 0.5) is 0 Å². The van der Waals surface area contributed by atoms with Crippen molar-refractivity contribution in [2.45, 2.75) is 0 Å². The molecule has 0 aliphatic carbocycles. The van der Waals surface area contributed by atoms with Crippen LogP contribution in [0.1, 0.15) is 0 Å². The molecule has 0 bridgehead atoms. The van der Waals surface area contributed by atoms with Gasteiger partial charge in [0.15, 0.2) is 21.0 Å². The maximum Gasteiger partial charge on any atom is 0.402 e. The largest absolute Gasteiger partial charge is 0.402 e. The van der Waals surface area contributed by atoms with E-state index in [1.54, 1.807) is 0 Å². The van der Waals surface area contributed by atoms with E-state index in [9.17, 15) is 4.57 Å². The molecule has 0 rings (SSSR count). The summed E-state index contributed by atoms with van der Waals surface area (Å²) in [5.41, 5.74) is 0. The number of hydrogen-bond acceptors (Lipinski definition) is 3. The predicted octanol–water partition coefficient (Wildman–Crippen LogP) is -1.07. The second kappa shape index (κ2) is 3.01. The molecule has 0 fully saturated rings. The smallest absolute Gasteiger partial charge is 0.352 e. The summed E-state index contributed by atoms with van der Waals surface area (Å²) in [6.07, 6.45) is 0. The average molecular weight is 177 g/mol. The van der Waals surface area contributed by atoms with Gasteiger partial charge in [-0.3, -0.25) is 0 Å². The molecule has 3 nitrogen and oxygen atoms in total. The van der Waals surface area contributed by atoms with E-state index in [1.165, 1.54) is 0 Å². The van der Waals surface area contributed by atoms with E-state index in [0.717, 1.165) is 0 Å². The lowest BCUT2D eigenvalue weighted by atomic mass is 15.8. The Morgan fingerprint density at radius 3 is 1.71 bits per heavy atom. The molecule has 44 valence electrons. The highest BCUT2D eigenvalue weighted by Crippen LogP contribution is 2.50. The van der Waals surface area contributed by atoms with Gasteiger partial charge in [0.2, 0.25) is 0 Å². The molecule has 0 spiro atoms. The highest BCUT2D eigenvalue weighted by molar-refractivity contribution is 7.82. The SMILES string of the molecule is O=P(Cl)(O[SiH3])O[SiH3]. The molecule has 0 atom stereocenters. The van der Waals surface area contributed by atoms with Gasteiger partial charge in [-0.05, 0) is 0 Å². The standard InChI is InChI=1S/ClH6O3PSi2/c1-5(2,3-6)4-7/h6-7H3. The van der Waals surface area contributed by atoms with E-state index in [-0.39, 0.29) is 0 Å². The van der Waals surface area contributed by atoms with Gasteiger partial charge in [-0.15, -0.1) is 0 Å². The molecule has 0 saturated heterocycles. The van der Waals surface area contributed by atoms with Crippen molar-refractivity contribution < 1.29 is 13.0 Å². The molecular weight excluding hydrogens is 171 g/mol. The van der Waals surface area contributed by atoms with Crippen molar-refractivity contribution in [3.63, 3.8) is 0 Å². The van der Waals surface area contributed by atoms with Gasteiger partial charge in [-0.25, -0.2) is 4.57 Å². The minimum absolute atomic E-state index is 0.359. The summed E-state index contributed by atoms with van der Waals surface area (Å²) in [6.45, 7) is -3.06. The zero-order valence-corrected chi connectivity index (χ0v) is 9.70. The van der Waals surface area contributed by atoms with E-state index in [2.05, 4.69) is 8.43 Å². The molecule has 0 aromatic carbocycles. The second-order valence-electron chi connectivity index (χ2n) is 0.796. The Labute approximate surface area is 52.7 Å². The summed E-state index contributed by atoms with van der Waals surface area (Å²) in [5, 5.41) is 0. The topological polar surface area (TPSA) is 35.5 Å². The van der Waals surface area contributed by atoms with Crippen LogP contribution in [0.5, 0.6) is 0 Å². The first kappa shape index (κ1) is 7.87. The van der Waals surface area contributed by atoms with Crippen molar-refractivity contribution in [1.29, 1.82) is 0 Å². The van der Waals surface area contributed by atoms with Crippen LogP contribution in [-0.4, -0.2) is 21.0 Å². The maximum absolute atomic E-state index is 10.3. The average Bonchev–Trinajstić information content (AvgIpc) is 1.68. The quantitative estimate of drug-likeness (QED) is 0.397. The lowest BCUT2D eigenvalue weighted by Crippen LogP contribution is -1.80. The van der Waals surface area contributed by atoms with E-state index < -0.39 is 6.95 Å². The molecule has 0 aliphatic heterocycles. The molecule has 0 heterocycles. The van der Waals surface area contributed by atoms with Gasteiger partial charge in [-0.2, -0.15) is 0 Å². The lowest BCUT2D eigenvalue weighted by Gasteiger charge is -2.02. The fraction of sp³-hybridized carbons (Fsp3) is 0. The lowest BCUT2D eigenvalue weighted by molar-refractivity contribution is 0.436. The van der Waals surface area contributed by atoms with Crippen molar-refractivity contribution in [3.8, 4) is 0 Å². The summed E-state index contributed by atoms with van der Waals surface area (Å²) < 4.78 is 19.1. The fourth-order valence-corrected chi connectivity index (χ4v) is 2.01. The summed E-state index contributed by atoms with van der Waals surface area (Å²) in [7, 11) is 0.718. The van der Waals surface area contributed by atoms with Gasteiger partial charge in [0, 0.05) is 11.2 Å². The van der Waals surface area contributed by atoms with Crippen LogP contribution in [0, 0.1) is 0 Å². The van der Waals surface area contributed by atoms with Crippen LogP contribution in [-0.2, 0) is 13.0 Å². The first-order valence-electron chi connectivity index (χ1n) is 1.53. The summed E-state index contributed by atoms with van der Waals surface area (Å²) in [4.78, 5) is 0. The van der Waals surface area contributed by atoms with E-state index >= 15 is 0 Å². The van der Waals surface area contributed by atoms with Crippen LogP contribution < -0.4 is 0 Å². The van der Waals surface area contributed by atoms with Crippen molar-refractivity contribution in [2.24, 2.45) is 0 Å². The van der Waals surface area contributed by atoms with E-state index in [4.69, 9.17) is 11.2 Å². The van der Waals surface area contributed by atoms with Gasteiger partial charge in [0.05, 0.1) is 0 Å². The summed E-state index contributed by atoms with van der Waals surface area (Å²) in [5.74, 6) is 0. The van der Waals surface area contributed by atoms with Gasteiger partial charge in [-0.1, -0.05) is 0 Å². The van der Waals surface area contributed by atoms with Crippen molar-refractivity contribution in [1.82, 2.24) is 0 Å². The zero-order valence-electron chi connectivity index (χ0n) is 4.05. The van der Waals surface area contributed by atoms with Crippen LogP contribution in [0.2, 0.25) is 0 Å². The van der Waals surface area contributed by atoms with E-state index in [0.29, 0.717) is 21.0 Å². The maximum atomic E-state index is 10.3. The Morgan fingerprint density at radius 1 is 1.43 bits per heavy atom. The molecule has 0 aromatic heterocycles. The zero-order chi connectivity index (χ0) is 5.91. The molecule has 0 saturated carbocycles. The van der Waals surface area contributed by atoms with Crippen molar-refractivity contribution in [3.05, 3.63) is 0 Å². The highest BCUT2D eigenvalue weighted by atomic mass is 35.7. The third-order valence-corrected chi connectivity index (χ3v) is 6.41. The number of hydrogen-bond donors (Lipinski definition) is 0. The summed E-state index contributed by atoms with van der Waals surface area (Å²) >= 11 is 5.09. The van der Waals surface area contributed by atoms with Gasteiger partial charge in [0.25, 0.3) is 0 Å². The Bertz CT molecular complexity index is 84.9. The number of halogens is 1. The van der Waals surface area contributed by atoms with E-state index in [1.807, 2.05) is 0 Å². The first-order valence-corrected chi connectivity index (χ1v) is 5.61. The molecule has 7 heavy (non-hydrogen) atoms. The minimum Gasteiger partial charge on any atom is -0.352 e. The van der Waals surface area contributed by atoms with Crippen molar-refractivity contribution in [2.75, 3.05) is 0 Å². The molecule has 7 heteroatoms. The summed E-state index contributed by atoms with van der Waals surface area (Å²) in [6, 6.07) is 0. The van der Waals surface area contributed by atoms with Gasteiger partial charge >= 0.3 is 6.95 Å². The molecule has 0 radical (unpaired) electrons. The normalized spacial score (nSPS) is 19.6. The molecular formula is H6ClO3PSi2. The molecule has 0 aliphatic rings. The molecule has 0 unspecified atom stereocenters. The Hall–Kier alpha value is 0.874. The Morgan fingerprint density at radius 2 is 1.71 bits per heavy atom. The van der Waals surface area contributed by atoms with Crippen molar-refractivity contribution >= 4 is 39.2 Å². The molecule has 0 N–H and O–H groups in total. The Balaban J connectivity index is 3.61. The molecule has 0 aromatic rings. The predicted molar refractivity (Wildman–Crippen MR) is 35.5 cm³/mol. The van der Waals surface area contributed by atoms with Gasteiger partial charge in [0.1, 0.15) is 0 Å². The molecule has 0 amide bonds. The third kappa shape index (κ3) is 3.46. The fourth-order valence-electron chi connectivity index (χ4n) is 0.0745. The minimum atomic E-state index is -3.06. The monoisotopic (exact) mass is 176 g/mol. The van der Waals surface area contributed by atoms with Crippen LogP contribution in [0.25, 0.3) is 0 Å². The number of rotatable bonds is 2. The van der Waals surface area contributed by atoms with Crippen LogP contribution >= 0.6 is 18.2 Å². The second-order valence-corrected chi connectivity index (χ2v) is 5.82. The third-order valence-electron chi connectivity index (χ3n) is 0.436.